The SMILES string of the molecule is Cc1cnc(NCCN)nc1. The fourth-order valence-corrected chi connectivity index (χ4v) is 0.668. The highest BCUT2D eigenvalue weighted by Gasteiger charge is 1.91. The molecule has 0 aliphatic rings. The van der Waals surface area contributed by atoms with Crippen LogP contribution in [0.1, 0.15) is 5.56 Å². The van der Waals surface area contributed by atoms with Crippen molar-refractivity contribution in [2.75, 3.05) is 18.4 Å². The van der Waals surface area contributed by atoms with Crippen molar-refractivity contribution in [2.24, 2.45) is 5.73 Å². The molecule has 0 bridgehead atoms. The first-order chi connectivity index (χ1) is 5.33. The summed E-state index contributed by atoms with van der Waals surface area (Å²) in [4.78, 5) is 8.08. The second kappa shape index (κ2) is 3.88. The number of aromatic nitrogens is 2. The molecule has 0 saturated heterocycles. The van der Waals surface area contributed by atoms with Gasteiger partial charge in [-0.3, -0.25) is 0 Å². The zero-order chi connectivity index (χ0) is 8.10. The molecule has 0 amide bonds. The van der Waals surface area contributed by atoms with Crippen molar-refractivity contribution in [3.8, 4) is 0 Å². The number of rotatable bonds is 3. The van der Waals surface area contributed by atoms with E-state index in [1.54, 1.807) is 12.4 Å². The molecule has 1 rings (SSSR count). The number of anilines is 1. The molecule has 3 N–H and O–H groups in total. The second-order valence-electron chi connectivity index (χ2n) is 2.30. The Kier molecular flexibility index (Phi) is 2.80. The summed E-state index contributed by atoms with van der Waals surface area (Å²) in [6.07, 6.45) is 3.54. The van der Waals surface area contributed by atoms with Gasteiger partial charge in [0.25, 0.3) is 0 Å². The fraction of sp³-hybridized carbons (Fsp3) is 0.429. The van der Waals surface area contributed by atoms with Crippen molar-refractivity contribution in [3.05, 3.63) is 18.0 Å². The lowest BCUT2D eigenvalue weighted by atomic mass is 10.4. The van der Waals surface area contributed by atoms with Crippen LogP contribution < -0.4 is 11.1 Å². The Balaban J connectivity index is 2.52. The van der Waals surface area contributed by atoms with Gasteiger partial charge in [0.1, 0.15) is 0 Å². The second-order valence-corrected chi connectivity index (χ2v) is 2.30. The molecule has 1 aromatic heterocycles. The van der Waals surface area contributed by atoms with E-state index in [-0.39, 0.29) is 0 Å². The summed E-state index contributed by atoms with van der Waals surface area (Å²) in [6.45, 7) is 3.26. The molecule has 4 nitrogen and oxygen atoms in total. The van der Waals surface area contributed by atoms with Crippen LogP contribution in [0.25, 0.3) is 0 Å². The van der Waals surface area contributed by atoms with Crippen molar-refractivity contribution in [2.45, 2.75) is 6.92 Å². The van der Waals surface area contributed by atoms with Gasteiger partial charge in [-0.25, -0.2) is 9.97 Å². The van der Waals surface area contributed by atoms with E-state index in [4.69, 9.17) is 5.73 Å². The average molecular weight is 152 g/mol. The third-order valence-electron chi connectivity index (χ3n) is 1.21. The van der Waals surface area contributed by atoms with Gasteiger partial charge in [-0.1, -0.05) is 0 Å². The molecule has 0 aliphatic carbocycles. The Morgan fingerprint density at radius 1 is 1.45 bits per heavy atom. The summed E-state index contributed by atoms with van der Waals surface area (Å²) in [6, 6.07) is 0. The monoisotopic (exact) mass is 152 g/mol. The van der Waals surface area contributed by atoms with Crippen LogP contribution >= 0.6 is 0 Å². The van der Waals surface area contributed by atoms with Gasteiger partial charge in [0, 0.05) is 25.5 Å². The number of nitrogens with one attached hydrogen (secondary N) is 1. The Labute approximate surface area is 65.9 Å². The van der Waals surface area contributed by atoms with Crippen LogP contribution in [-0.2, 0) is 0 Å². The topological polar surface area (TPSA) is 63.8 Å². The zero-order valence-electron chi connectivity index (χ0n) is 6.54. The minimum Gasteiger partial charge on any atom is -0.353 e. The molecule has 0 spiro atoms. The largest absolute Gasteiger partial charge is 0.353 e. The standard InChI is InChI=1S/C7H12N4/c1-6-4-10-7(11-5-6)9-3-2-8/h4-5H,2-3,8H2,1H3,(H,9,10,11). The predicted molar refractivity (Wildman–Crippen MR) is 44.3 cm³/mol. The molecule has 4 heteroatoms. The van der Waals surface area contributed by atoms with Crippen LogP contribution in [0.3, 0.4) is 0 Å². The maximum absolute atomic E-state index is 5.29. The highest BCUT2D eigenvalue weighted by Crippen LogP contribution is 1.96. The van der Waals surface area contributed by atoms with Gasteiger partial charge in [-0.2, -0.15) is 0 Å². The lowest BCUT2D eigenvalue weighted by Gasteiger charge is -2.00. The normalized spacial score (nSPS) is 9.64. The summed E-state index contributed by atoms with van der Waals surface area (Å²) >= 11 is 0. The number of hydrogen-bond acceptors (Lipinski definition) is 4. The molecule has 0 atom stereocenters. The van der Waals surface area contributed by atoms with Crippen molar-refractivity contribution in [3.63, 3.8) is 0 Å². The first kappa shape index (κ1) is 7.94. The van der Waals surface area contributed by atoms with Crippen molar-refractivity contribution >= 4 is 5.95 Å². The molecule has 11 heavy (non-hydrogen) atoms. The van der Waals surface area contributed by atoms with Crippen LogP contribution in [0.5, 0.6) is 0 Å². The maximum atomic E-state index is 5.29. The summed E-state index contributed by atoms with van der Waals surface area (Å²) < 4.78 is 0. The van der Waals surface area contributed by atoms with Crippen molar-refractivity contribution in [1.82, 2.24) is 9.97 Å². The minimum absolute atomic E-state index is 0.594. The smallest absolute Gasteiger partial charge is 0.222 e. The Hall–Kier alpha value is -1.16. The number of nitrogens with two attached hydrogens (primary N) is 1. The van der Waals surface area contributed by atoms with Gasteiger partial charge in [-0.05, 0) is 12.5 Å². The molecule has 1 aromatic rings. The molecule has 60 valence electrons. The Bertz CT molecular complexity index is 206. The quantitative estimate of drug-likeness (QED) is 0.647. The van der Waals surface area contributed by atoms with E-state index in [2.05, 4.69) is 15.3 Å². The lowest BCUT2D eigenvalue weighted by molar-refractivity contribution is 0.985. The van der Waals surface area contributed by atoms with E-state index < -0.39 is 0 Å². The minimum atomic E-state index is 0.594. The molecule has 1 heterocycles. The molecular weight excluding hydrogens is 140 g/mol. The van der Waals surface area contributed by atoms with Crippen LogP contribution in [0.2, 0.25) is 0 Å². The van der Waals surface area contributed by atoms with Crippen molar-refractivity contribution in [1.29, 1.82) is 0 Å². The number of aryl methyl sites for hydroxylation is 1. The van der Waals surface area contributed by atoms with E-state index in [1.807, 2.05) is 6.92 Å². The van der Waals surface area contributed by atoms with Gasteiger partial charge in [0.05, 0.1) is 0 Å². The lowest BCUT2D eigenvalue weighted by Crippen LogP contribution is -2.14. The number of hydrogen-bond donors (Lipinski definition) is 2. The summed E-state index contributed by atoms with van der Waals surface area (Å²) in [5, 5.41) is 2.97. The van der Waals surface area contributed by atoms with Gasteiger partial charge in [0.2, 0.25) is 5.95 Å². The van der Waals surface area contributed by atoms with Gasteiger partial charge >= 0.3 is 0 Å². The van der Waals surface area contributed by atoms with E-state index in [1.165, 1.54) is 0 Å². The van der Waals surface area contributed by atoms with Gasteiger partial charge in [0.15, 0.2) is 0 Å². The van der Waals surface area contributed by atoms with E-state index in [0.717, 1.165) is 5.56 Å². The summed E-state index contributed by atoms with van der Waals surface area (Å²) in [7, 11) is 0. The predicted octanol–water partition coefficient (Wildman–Crippen LogP) is 0.156. The van der Waals surface area contributed by atoms with E-state index in [0.29, 0.717) is 19.0 Å². The molecular formula is C7H12N4. The van der Waals surface area contributed by atoms with Crippen LogP contribution in [0.4, 0.5) is 5.95 Å². The van der Waals surface area contributed by atoms with E-state index in [9.17, 15) is 0 Å². The zero-order valence-corrected chi connectivity index (χ0v) is 6.54. The molecule has 0 unspecified atom stereocenters. The third-order valence-corrected chi connectivity index (χ3v) is 1.21. The third kappa shape index (κ3) is 2.51. The number of nitrogens with zero attached hydrogens (tertiary/aromatic N) is 2. The Morgan fingerprint density at radius 2 is 2.09 bits per heavy atom. The first-order valence-corrected chi connectivity index (χ1v) is 3.55. The first-order valence-electron chi connectivity index (χ1n) is 3.55. The van der Waals surface area contributed by atoms with Crippen LogP contribution in [0.15, 0.2) is 12.4 Å². The summed E-state index contributed by atoms with van der Waals surface area (Å²) in [5.74, 6) is 0.640. The molecule has 0 radical (unpaired) electrons. The average Bonchev–Trinajstić information content (AvgIpc) is 2.04. The molecule has 0 aliphatic heterocycles. The van der Waals surface area contributed by atoms with Crippen LogP contribution in [0, 0.1) is 6.92 Å². The summed E-state index contributed by atoms with van der Waals surface area (Å²) in [5.41, 5.74) is 6.35. The highest BCUT2D eigenvalue weighted by molar-refractivity contribution is 5.23. The molecule has 0 aromatic carbocycles. The van der Waals surface area contributed by atoms with Gasteiger partial charge in [-0.15, -0.1) is 0 Å². The fourth-order valence-electron chi connectivity index (χ4n) is 0.668. The highest BCUT2D eigenvalue weighted by atomic mass is 15.1. The van der Waals surface area contributed by atoms with Crippen LogP contribution in [-0.4, -0.2) is 23.1 Å². The maximum Gasteiger partial charge on any atom is 0.222 e. The van der Waals surface area contributed by atoms with Crippen molar-refractivity contribution < 1.29 is 0 Å². The Morgan fingerprint density at radius 3 is 2.64 bits per heavy atom. The molecule has 0 saturated carbocycles. The molecule has 0 fully saturated rings. The van der Waals surface area contributed by atoms with E-state index >= 15 is 0 Å². The van der Waals surface area contributed by atoms with Gasteiger partial charge < -0.3 is 11.1 Å².